The maximum atomic E-state index is 12.5. The van der Waals surface area contributed by atoms with Gasteiger partial charge in [-0.05, 0) is 24.6 Å². The number of amides is 2. The van der Waals surface area contributed by atoms with Gasteiger partial charge < -0.3 is 20.6 Å². The van der Waals surface area contributed by atoms with Crippen molar-refractivity contribution in [3.63, 3.8) is 0 Å². The van der Waals surface area contributed by atoms with Gasteiger partial charge >= 0.3 is 0 Å². The lowest BCUT2D eigenvalue weighted by Gasteiger charge is -2.22. The molecule has 0 saturated carbocycles. The minimum atomic E-state index is -0.833. The number of aliphatic hydroxyl groups excluding tert-OH is 2. The molecule has 0 aliphatic carbocycles. The second kappa shape index (κ2) is 7.93. The molecule has 0 unspecified atom stereocenters. The van der Waals surface area contributed by atoms with Crippen molar-refractivity contribution < 1.29 is 24.9 Å². The summed E-state index contributed by atoms with van der Waals surface area (Å²) in [6, 6.07) is 3.75. The third-order valence-corrected chi connectivity index (χ3v) is 3.69. The standard InChI is InChI=1S/C17H21N3O5/c1-3-18-15-6-12(23)4-5-13(15)10(2)14-7-16(24)20(17(14)25)19-11(8-21)9-22/h4-7,11,18-19,21-23H,2-3,8-9H2,1H3. The Balaban J connectivity index is 2.28. The van der Waals surface area contributed by atoms with E-state index in [0.717, 1.165) is 11.1 Å². The number of nitrogens with zero attached hydrogens (tertiary/aromatic N) is 1. The van der Waals surface area contributed by atoms with Gasteiger partial charge in [0.05, 0.1) is 24.8 Å². The van der Waals surface area contributed by atoms with Gasteiger partial charge in [-0.25, -0.2) is 10.4 Å². The number of nitrogens with one attached hydrogen (secondary N) is 2. The number of aromatic hydroxyl groups is 1. The first-order valence-corrected chi connectivity index (χ1v) is 7.77. The highest BCUT2D eigenvalue weighted by molar-refractivity contribution is 6.23. The molecule has 134 valence electrons. The van der Waals surface area contributed by atoms with Crippen molar-refractivity contribution in [3.8, 4) is 5.75 Å². The summed E-state index contributed by atoms with van der Waals surface area (Å²) in [5.41, 5.74) is 4.07. The molecule has 0 fully saturated rings. The normalized spacial score (nSPS) is 14.2. The molecule has 2 rings (SSSR count). The lowest BCUT2D eigenvalue weighted by atomic mass is 9.97. The van der Waals surface area contributed by atoms with E-state index in [-0.39, 0.29) is 11.3 Å². The number of hydrogen-bond acceptors (Lipinski definition) is 7. The van der Waals surface area contributed by atoms with E-state index in [1.807, 2.05) is 6.92 Å². The van der Waals surface area contributed by atoms with E-state index in [2.05, 4.69) is 17.3 Å². The molecule has 8 nitrogen and oxygen atoms in total. The van der Waals surface area contributed by atoms with Gasteiger partial charge in [-0.2, -0.15) is 0 Å². The Kier molecular flexibility index (Phi) is 5.92. The van der Waals surface area contributed by atoms with Crippen molar-refractivity contribution in [3.05, 3.63) is 42.0 Å². The fourth-order valence-electron chi connectivity index (χ4n) is 2.41. The monoisotopic (exact) mass is 347 g/mol. The van der Waals surface area contributed by atoms with Crippen molar-refractivity contribution in [1.82, 2.24) is 10.4 Å². The summed E-state index contributed by atoms with van der Waals surface area (Å²) in [6.45, 7) is 5.51. The molecule has 0 atom stereocenters. The molecule has 0 spiro atoms. The lowest BCUT2D eigenvalue weighted by Crippen LogP contribution is -2.51. The lowest BCUT2D eigenvalue weighted by molar-refractivity contribution is -0.142. The average molecular weight is 347 g/mol. The van der Waals surface area contributed by atoms with Crippen LogP contribution in [0, 0.1) is 0 Å². The van der Waals surface area contributed by atoms with Crippen LogP contribution in [0.4, 0.5) is 5.69 Å². The molecule has 1 heterocycles. The van der Waals surface area contributed by atoms with Gasteiger partial charge in [-0.3, -0.25) is 9.59 Å². The van der Waals surface area contributed by atoms with Crippen LogP contribution in [-0.4, -0.2) is 57.9 Å². The third kappa shape index (κ3) is 3.87. The summed E-state index contributed by atoms with van der Waals surface area (Å²) >= 11 is 0. The molecule has 0 aromatic heterocycles. The predicted octanol–water partition coefficient (Wildman–Crippen LogP) is -0.00980. The maximum Gasteiger partial charge on any atom is 0.276 e. The number of hydrazine groups is 1. The van der Waals surface area contributed by atoms with Crippen molar-refractivity contribution in [2.75, 3.05) is 25.1 Å². The summed E-state index contributed by atoms with van der Waals surface area (Å²) < 4.78 is 0. The van der Waals surface area contributed by atoms with E-state index < -0.39 is 31.1 Å². The molecule has 1 aliphatic heterocycles. The summed E-state index contributed by atoms with van der Waals surface area (Å²) in [4.78, 5) is 24.6. The van der Waals surface area contributed by atoms with Crippen LogP contribution in [0.5, 0.6) is 5.75 Å². The van der Waals surface area contributed by atoms with Crippen LogP contribution < -0.4 is 10.7 Å². The number of carbonyl (C=O) groups excluding carboxylic acids is 2. The van der Waals surface area contributed by atoms with Gasteiger partial charge in [0.15, 0.2) is 0 Å². The Morgan fingerprint density at radius 2 is 1.96 bits per heavy atom. The number of imide groups is 1. The molecular formula is C17H21N3O5. The number of benzene rings is 1. The zero-order valence-electron chi connectivity index (χ0n) is 13.8. The SMILES string of the molecule is C=C(C1=CC(=O)N(NC(CO)CO)C1=O)c1ccc(O)cc1NCC. The van der Waals surface area contributed by atoms with E-state index in [1.165, 1.54) is 12.1 Å². The Morgan fingerprint density at radius 1 is 1.28 bits per heavy atom. The minimum Gasteiger partial charge on any atom is -0.508 e. The van der Waals surface area contributed by atoms with Crippen molar-refractivity contribution >= 4 is 23.1 Å². The first-order valence-electron chi connectivity index (χ1n) is 7.77. The van der Waals surface area contributed by atoms with Gasteiger partial charge in [0.1, 0.15) is 5.75 Å². The van der Waals surface area contributed by atoms with Crippen molar-refractivity contribution in [2.45, 2.75) is 13.0 Å². The number of carbonyl (C=O) groups is 2. The number of aliphatic hydroxyl groups is 2. The van der Waals surface area contributed by atoms with Crippen LogP contribution in [0.25, 0.3) is 5.57 Å². The fourth-order valence-corrected chi connectivity index (χ4v) is 2.41. The second-order valence-electron chi connectivity index (χ2n) is 5.47. The summed E-state index contributed by atoms with van der Waals surface area (Å²) in [6.07, 6.45) is 1.14. The van der Waals surface area contributed by atoms with Crippen LogP contribution >= 0.6 is 0 Å². The molecule has 0 bridgehead atoms. The van der Waals surface area contributed by atoms with E-state index >= 15 is 0 Å². The minimum absolute atomic E-state index is 0.0623. The first-order chi connectivity index (χ1) is 11.9. The van der Waals surface area contributed by atoms with Gasteiger partial charge in [-0.15, -0.1) is 0 Å². The number of phenolic OH excluding ortho intramolecular Hbond substituents is 1. The molecule has 5 N–H and O–H groups in total. The zero-order valence-corrected chi connectivity index (χ0v) is 13.8. The molecule has 0 radical (unpaired) electrons. The third-order valence-electron chi connectivity index (χ3n) is 3.69. The van der Waals surface area contributed by atoms with Gasteiger partial charge in [0.2, 0.25) is 0 Å². The van der Waals surface area contributed by atoms with Gasteiger partial charge in [-0.1, -0.05) is 6.58 Å². The highest BCUT2D eigenvalue weighted by atomic mass is 16.3. The number of anilines is 1. The van der Waals surface area contributed by atoms with E-state index in [9.17, 15) is 14.7 Å². The van der Waals surface area contributed by atoms with Crippen LogP contribution in [0.3, 0.4) is 0 Å². The van der Waals surface area contributed by atoms with E-state index in [0.29, 0.717) is 23.4 Å². The van der Waals surface area contributed by atoms with Crippen LogP contribution in [0.15, 0.2) is 36.4 Å². The predicted molar refractivity (Wildman–Crippen MR) is 92.3 cm³/mol. The Morgan fingerprint density at radius 3 is 2.56 bits per heavy atom. The average Bonchev–Trinajstić information content (AvgIpc) is 2.87. The highest BCUT2D eigenvalue weighted by Crippen LogP contribution is 2.33. The molecular weight excluding hydrogens is 326 g/mol. The summed E-state index contributed by atoms with van der Waals surface area (Å²) in [7, 11) is 0. The largest absolute Gasteiger partial charge is 0.508 e. The molecule has 0 saturated heterocycles. The number of rotatable bonds is 8. The van der Waals surface area contributed by atoms with Gasteiger partial charge in [0, 0.05) is 29.9 Å². The highest BCUT2D eigenvalue weighted by Gasteiger charge is 2.34. The van der Waals surface area contributed by atoms with Gasteiger partial charge in [0.25, 0.3) is 11.8 Å². The Labute approximate surface area is 145 Å². The van der Waals surface area contributed by atoms with E-state index in [1.54, 1.807) is 6.07 Å². The zero-order chi connectivity index (χ0) is 18.6. The first kappa shape index (κ1) is 18.7. The number of hydrogen-bond donors (Lipinski definition) is 5. The Hall–Kier alpha value is -2.68. The smallest absolute Gasteiger partial charge is 0.276 e. The molecule has 8 heteroatoms. The fraction of sp³-hybridized carbons (Fsp3) is 0.294. The summed E-state index contributed by atoms with van der Waals surface area (Å²) in [5.74, 6) is -1.18. The molecule has 1 aromatic carbocycles. The molecule has 2 amide bonds. The van der Waals surface area contributed by atoms with Crippen LogP contribution in [0.2, 0.25) is 0 Å². The molecule has 1 aromatic rings. The maximum absolute atomic E-state index is 12.5. The summed E-state index contributed by atoms with van der Waals surface area (Å²) in [5, 5.41) is 31.6. The molecule has 1 aliphatic rings. The van der Waals surface area contributed by atoms with E-state index in [4.69, 9.17) is 10.2 Å². The second-order valence-corrected chi connectivity index (χ2v) is 5.47. The molecule has 25 heavy (non-hydrogen) atoms. The number of phenols is 1. The quantitative estimate of drug-likeness (QED) is 0.419. The van der Waals surface area contributed by atoms with Crippen molar-refractivity contribution in [1.29, 1.82) is 0 Å². The topological polar surface area (TPSA) is 122 Å². The van der Waals surface area contributed by atoms with Crippen LogP contribution in [-0.2, 0) is 9.59 Å². The van der Waals surface area contributed by atoms with Crippen molar-refractivity contribution in [2.24, 2.45) is 0 Å². The Bertz CT molecular complexity index is 725. The van der Waals surface area contributed by atoms with Crippen LogP contribution in [0.1, 0.15) is 12.5 Å².